The van der Waals surface area contributed by atoms with Gasteiger partial charge in [0.05, 0.1) is 5.69 Å². The van der Waals surface area contributed by atoms with E-state index < -0.39 is 18.5 Å². The fraction of sp³-hybridized carbons (Fsp3) is 0.500. The first-order chi connectivity index (χ1) is 6.79. The monoisotopic (exact) mass is 222 g/mol. The molecule has 0 spiro atoms. The summed E-state index contributed by atoms with van der Waals surface area (Å²) in [6.07, 6.45) is -6.06. The van der Waals surface area contributed by atoms with Gasteiger partial charge in [-0.3, -0.25) is 10.1 Å². The van der Waals surface area contributed by atoms with E-state index in [4.69, 9.17) is 0 Å². The summed E-state index contributed by atoms with van der Waals surface area (Å²) in [5, 5.41) is 5.49. The summed E-state index contributed by atoms with van der Waals surface area (Å²) in [6.45, 7) is 3.22. The number of halogens is 3. The van der Waals surface area contributed by atoms with Gasteiger partial charge in [0.25, 0.3) is 0 Å². The third kappa shape index (κ3) is 3.26. The number of amides is 1. The molecule has 0 aliphatic heterocycles. The topological polar surface area (TPSA) is 55.1 Å². The second-order valence-electron chi connectivity index (χ2n) is 3.06. The number of nitrogens with zero attached hydrogens (tertiary/aromatic N) is 1. The first-order valence-corrected chi connectivity index (χ1v) is 4.09. The van der Waals surface area contributed by atoms with Gasteiger partial charge in [-0.15, -0.1) is 0 Å². The van der Waals surface area contributed by atoms with Crippen LogP contribution in [0, 0.1) is 13.8 Å². The van der Waals surface area contributed by atoms with Gasteiger partial charge in [0.1, 0.15) is 6.42 Å². The number of alkyl halides is 3. The summed E-state index contributed by atoms with van der Waals surface area (Å²) in [7, 11) is 0. The van der Waals surface area contributed by atoms with Crippen molar-refractivity contribution in [3.8, 4) is 0 Å². The van der Waals surface area contributed by atoms with Crippen molar-refractivity contribution in [2.75, 3.05) is 5.32 Å². The largest absolute Gasteiger partial charge is 0.397 e. The van der Waals surface area contributed by atoms with Gasteiger partial charge < -0.3 is 4.52 Å². The Morgan fingerprint density at radius 2 is 2.07 bits per heavy atom. The van der Waals surface area contributed by atoms with Gasteiger partial charge in [-0.25, -0.2) is 0 Å². The van der Waals surface area contributed by atoms with E-state index >= 15 is 0 Å². The fourth-order valence-electron chi connectivity index (χ4n) is 0.885. The smallest absolute Gasteiger partial charge is 0.338 e. The molecule has 1 aromatic heterocycles. The number of anilines is 1. The zero-order chi connectivity index (χ0) is 11.6. The lowest BCUT2D eigenvalue weighted by Gasteiger charge is -2.05. The highest BCUT2D eigenvalue weighted by Gasteiger charge is 2.31. The second-order valence-corrected chi connectivity index (χ2v) is 3.06. The van der Waals surface area contributed by atoms with Crippen LogP contribution in [-0.2, 0) is 4.79 Å². The van der Waals surface area contributed by atoms with Gasteiger partial charge >= 0.3 is 6.18 Å². The van der Waals surface area contributed by atoms with Gasteiger partial charge in [-0.2, -0.15) is 13.2 Å². The van der Waals surface area contributed by atoms with Crippen LogP contribution in [0.2, 0.25) is 0 Å². The molecule has 0 radical (unpaired) electrons. The highest BCUT2D eigenvalue weighted by atomic mass is 19.4. The van der Waals surface area contributed by atoms with Crippen LogP contribution in [0.15, 0.2) is 4.52 Å². The Balaban J connectivity index is 2.63. The molecule has 0 saturated carbocycles. The number of hydrogen-bond acceptors (Lipinski definition) is 3. The van der Waals surface area contributed by atoms with Crippen LogP contribution in [0.5, 0.6) is 0 Å². The molecule has 84 valence electrons. The lowest BCUT2D eigenvalue weighted by atomic mass is 10.3. The fourth-order valence-corrected chi connectivity index (χ4v) is 0.885. The number of carbonyl (C=O) groups excluding carboxylic acids is 1. The van der Waals surface area contributed by atoms with Crippen LogP contribution in [0.3, 0.4) is 0 Å². The van der Waals surface area contributed by atoms with Crippen molar-refractivity contribution >= 4 is 11.8 Å². The maximum absolute atomic E-state index is 11.8. The predicted molar refractivity (Wildman–Crippen MR) is 45.3 cm³/mol. The minimum Gasteiger partial charge on any atom is -0.338 e. The lowest BCUT2D eigenvalue weighted by Crippen LogP contribution is -2.21. The van der Waals surface area contributed by atoms with Crippen molar-refractivity contribution in [1.82, 2.24) is 5.16 Å². The molecule has 1 amide bonds. The van der Waals surface area contributed by atoms with Crippen molar-refractivity contribution in [2.45, 2.75) is 26.4 Å². The molecule has 0 bridgehead atoms. The zero-order valence-corrected chi connectivity index (χ0v) is 8.10. The normalized spacial score (nSPS) is 11.5. The van der Waals surface area contributed by atoms with Crippen molar-refractivity contribution < 1.29 is 22.5 Å². The Labute approximate surface area is 83.4 Å². The molecule has 4 nitrogen and oxygen atoms in total. The van der Waals surface area contributed by atoms with Gasteiger partial charge in [0.2, 0.25) is 11.8 Å². The van der Waals surface area contributed by atoms with Crippen molar-refractivity contribution in [2.24, 2.45) is 0 Å². The summed E-state index contributed by atoms with van der Waals surface area (Å²) in [4.78, 5) is 10.9. The zero-order valence-electron chi connectivity index (χ0n) is 8.10. The third-order valence-electron chi connectivity index (χ3n) is 1.77. The summed E-state index contributed by atoms with van der Waals surface area (Å²) >= 11 is 0. The highest BCUT2D eigenvalue weighted by molar-refractivity contribution is 5.90. The number of aryl methyl sites for hydroxylation is 1. The van der Waals surface area contributed by atoms with Crippen molar-refractivity contribution in [3.05, 3.63) is 11.3 Å². The average molecular weight is 222 g/mol. The third-order valence-corrected chi connectivity index (χ3v) is 1.77. The van der Waals surface area contributed by atoms with E-state index in [1.165, 1.54) is 0 Å². The van der Waals surface area contributed by atoms with Gasteiger partial charge in [0, 0.05) is 5.56 Å². The molecule has 7 heteroatoms. The molecule has 1 rings (SSSR count). The highest BCUT2D eigenvalue weighted by Crippen LogP contribution is 2.22. The molecule has 1 heterocycles. The Hall–Kier alpha value is -1.53. The molecular formula is C8H9F3N2O2. The molecular weight excluding hydrogens is 213 g/mol. The van der Waals surface area contributed by atoms with E-state index in [2.05, 4.69) is 9.68 Å². The molecule has 0 atom stereocenters. The molecule has 0 aliphatic carbocycles. The van der Waals surface area contributed by atoms with E-state index in [1.807, 2.05) is 5.32 Å². The van der Waals surface area contributed by atoms with E-state index in [0.717, 1.165) is 0 Å². The van der Waals surface area contributed by atoms with Gasteiger partial charge in [-0.1, -0.05) is 5.16 Å². The van der Waals surface area contributed by atoms with Crippen LogP contribution < -0.4 is 5.32 Å². The van der Waals surface area contributed by atoms with Crippen molar-refractivity contribution in [3.63, 3.8) is 0 Å². The Kier molecular flexibility index (Phi) is 3.01. The summed E-state index contributed by atoms with van der Waals surface area (Å²) < 4.78 is 40.1. The molecule has 0 saturated heterocycles. The quantitative estimate of drug-likeness (QED) is 0.834. The van der Waals surface area contributed by atoms with Crippen LogP contribution in [0.4, 0.5) is 19.1 Å². The first kappa shape index (κ1) is 11.5. The lowest BCUT2D eigenvalue weighted by molar-refractivity contribution is -0.150. The molecule has 0 unspecified atom stereocenters. The van der Waals surface area contributed by atoms with E-state index in [-0.39, 0.29) is 5.88 Å². The molecule has 0 aromatic carbocycles. The minimum atomic E-state index is -4.52. The Morgan fingerprint density at radius 3 is 2.47 bits per heavy atom. The van der Waals surface area contributed by atoms with Gasteiger partial charge in [-0.05, 0) is 13.8 Å². The number of carbonyl (C=O) groups is 1. The molecule has 1 N–H and O–H groups in total. The van der Waals surface area contributed by atoms with E-state index in [9.17, 15) is 18.0 Å². The summed E-state index contributed by atoms with van der Waals surface area (Å²) in [6, 6.07) is 0. The van der Waals surface area contributed by atoms with E-state index in [1.54, 1.807) is 13.8 Å². The molecule has 15 heavy (non-hydrogen) atoms. The molecule has 0 fully saturated rings. The van der Waals surface area contributed by atoms with Crippen LogP contribution in [-0.4, -0.2) is 17.2 Å². The van der Waals surface area contributed by atoms with Crippen LogP contribution in [0.25, 0.3) is 0 Å². The average Bonchev–Trinajstić information content (AvgIpc) is 2.32. The summed E-state index contributed by atoms with van der Waals surface area (Å²) in [5.41, 5.74) is 1.04. The number of hydrogen-bond donors (Lipinski definition) is 1. The number of aromatic nitrogens is 1. The molecule has 0 aliphatic rings. The van der Waals surface area contributed by atoms with Crippen molar-refractivity contribution in [1.29, 1.82) is 0 Å². The molecule has 1 aromatic rings. The Bertz CT molecular complexity index is 370. The first-order valence-electron chi connectivity index (χ1n) is 4.09. The maximum atomic E-state index is 11.8. The van der Waals surface area contributed by atoms with Gasteiger partial charge in [0.15, 0.2) is 0 Å². The predicted octanol–water partition coefficient (Wildman–Crippen LogP) is 2.18. The minimum absolute atomic E-state index is 0.0400. The SMILES string of the molecule is Cc1noc(NC(=O)CC(F)(F)F)c1C. The van der Waals surface area contributed by atoms with E-state index in [0.29, 0.717) is 11.3 Å². The maximum Gasteiger partial charge on any atom is 0.397 e. The standard InChI is InChI=1S/C8H9F3N2O2/c1-4-5(2)13-15-7(4)12-6(14)3-8(9,10)11/h3H2,1-2H3,(H,12,14). The van der Waals surface area contributed by atoms with Crippen LogP contribution in [0.1, 0.15) is 17.7 Å². The Morgan fingerprint density at radius 1 is 1.47 bits per heavy atom. The second kappa shape index (κ2) is 3.92. The number of nitrogens with one attached hydrogen (secondary N) is 1. The van der Waals surface area contributed by atoms with Crippen LogP contribution >= 0.6 is 0 Å². The summed E-state index contributed by atoms with van der Waals surface area (Å²) in [5.74, 6) is -1.21. The number of rotatable bonds is 2.